The van der Waals surface area contributed by atoms with E-state index in [1.54, 1.807) is 0 Å². The average molecular weight is 1100 g/mol. The number of carbonyl (C=O) groups is 3. The van der Waals surface area contributed by atoms with Gasteiger partial charge in [-0.1, -0.05) is 284 Å². The molecular formula is C73H124O6. The van der Waals surface area contributed by atoms with Crippen molar-refractivity contribution in [3.8, 4) is 0 Å². The van der Waals surface area contributed by atoms with E-state index >= 15 is 0 Å². The zero-order valence-corrected chi connectivity index (χ0v) is 51.9. The van der Waals surface area contributed by atoms with Crippen LogP contribution in [0.15, 0.2) is 109 Å². The average Bonchev–Trinajstić information content (AvgIpc) is 3.45. The van der Waals surface area contributed by atoms with Crippen molar-refractivity contribution in [2.24, 2.45) is 0 Å². The Morgan fingerprint density at radius 3 is 0.785 bits per heavy atom. The number of unbranched alkanes of at least 4 members (excludes halogenated alkanes) is 31. The SMILES string of the molecule is CC/C=C\C/C=C\C/C=C\C/C=C\C/C=C\CCCCCCCCCCCCCCCC(=O)OCC(COC(=O)CCCCCCC/C=C\C/C=C\C/C=C\CC)OC(=O)CCCCCCCCC/C=C\CCCCCCCC. The van der Waals surface area contributed by atoms with Crippen molar-refractivity contribution in [1.82, 2.24) is 0 Å². The molecule has 0 aliphatic heterocycles. The van der Waals surface area contributed by atoms with Crippen LogP contribution in [0.2, 0.25) is 0 Å². The molecule has 452 valence electrons. The van der Waals surface area contributed by atoms with Crippen LogP contribution < -0.4 is 0 Å². The maximum absolute atomic E-state index is 12.9. The summed E-state index contributed by atoms with van der Waals surface area (Å²) in [5, 5.41) is 0. The molecule has 0 aliphatic rings. The minimum absolute atomic E-state index is 0.0851. The molecule has 6 nitrogen and oxygen atoms in total. The Bertz CT molecular complexity index is 1590. The van der Waals surface area contributed by atoms with Gasteiger partial charge in [-0.25, -0.2) is 0 Å². The Morgan fingerprint density at radius 1 is 0.266 bits per heavy atom. The normalized spacial score (nSPS) is 12.8. The Labute approximate surface area is 489 Å². The molecule has 0 aliphatic carbocycles. The minimum atomic E-state index is -0.790. The smallest absolute Gasteiger partial charge is 0.306 e. The summed E-state index contributed by atoms with van der Waals surface area (Å²) in [6.07, 6.45) is 91.0. The van der Waals surface area contributed by atoms with E-state index in [0.29, 0.717) is 19.3 Å². The number of hydrogen-bond acceptors (Lipinski definition) is 6. The fourth-order valence-corrected chi connectivity index (χ4v) is 9.30. The van der Waals surface area contributed by atoms with Gasteiger partial charge in [0.05, 0.1) is 0 Å². The van der Waals surface area contributed by atoms with E-state index in [-0.39, 0.29) is 31.1 Å². The topological polar surface area (TPSA) is 78.9 Å². The van der Waals surface area contributed by atoms with E-state index in [2.05, 4.69) is 130 Å². The molecule has 1 unspecified atom stereocenters. The van der Waals surface area contributed by atoms with Crippen LogP contribution in [0.5, 0.6) is 0 Å². The lowest BCUT2D eigenvalue weighted by atomic mass is 10.0. The van der Waals surface area contributed by atoms with Gasteiger partial charge in [0.15, 0.2) is 6.10 Å². The maximum atomic E-state index is 12.9. The van der Waals surface area contributed by atoms with Crippen molar-refractivity contribution in [3.63, 3.8) is 0 Å². The van der Waals surface area contributed by atoms with E-state index in [1.807, 2.05) is 0 Å². The molecule has 0 radical (unpaired) electrons. The Morgan fingerprint density at radius 2 is 0.494 bits per heavy atom. The quantitative estimate of drug-likeness (QED) is 0.0261. The highest BCUT2D eigenvalue weighted by Crippen LogP contribution is 2.16. The summed E-state index contributed by atoms with van der Waals surface area (Å²) in [7, 11) is 0. The summed E-state index contributed by atoms with van der Waals surface area (Å²) >= 11 is 0. The zero-order valence-electron chi connectivity index (χ0n) is 51.9. The number of esters is 3. The van der Waals surface area contributed by atoms with E-state index < -0.39 is 6.10 Å². The van der Waals surface area contributed by atoms with Crippen LogP contribution in [-0.4, -0.2) is 37.2 Å². The molecule has 0 saturated carbocycles. The fraction of sp³-hybridized carbons (Fsp3) is 0.712. The molecule has 0 rings (SSSR count). The Balaban J connectivity index is 4.29. The molecular weight excluding hydrogens is 973 g/mol. The van der Waals surface area contributed by atoms with Crippen LogP contribution in [0.3, 0.4) is 0 Å². The van der Waals surface area contributed by atoms with Crippen LogP contribution in [-0.2, 0) is 28.6 Å². The maximum Gasteiger partial charge on any atom is 0.306 e. The fourth-order valence-electron chi connectivity index (χ4n) is 9.30. The molecule has 0 bridgehead atoms. The molecule has 0 fully saturated rings. The second-order valence-corrected chi connectivity index (χ2v) is 22.0. The van der Waals surface area contributed by atoms with Crippen LogP contribution >= 0.6 is 0 Å². The van der Waals surface area contributed by atoms with Crippen molar-refractivity contribution < 1.29 is 28.6 Å². The number of carbonyl (C=O) groups excluding carboxylic acids is 3. The summed E-state index contributed by atoms with van der Waals surface area (Å²) in [5.41, 5.74) is 0. The molecule has 0 N–H and O–H groups in total. The van der Waals surface area contributed by atoms with Crippen molar-refractivity contribution in [2.75, 3.05) is 13.2 Å². The second-order valence-electron chi connectivity index (χ2n) is 22.0. The molecule has 1 atom stereocenters. The summed E-state index contributed by atoms with van der Waals surface area (Å²) in [5.74, 6) is -0.898. The lowest BCUT2D eigenvalue weighted by Crippen LogP contribution is -2.30. The van der Waals surface area contributed by atoms with Gasteiger partial charge >= 0.3 is 17.9 Å². The first-order chi connectivity index (χ1) is 39.0. The summed E-state index contributed by atoms with van der Waals surface area (Å²) < 4.78 is 16.9. The van der Waals surface area contributed by atoms with E-state index in [9.17, 15) is 14.4 Å². The predicted molar refractivity (Wildman–Crippen MR) is 343 cm³/mol. The van der Waals surface area contributed by atoms with Gasteiger partial charge in [-0.15, -0.1) is 0 Å². The van der Waals surface area contributed by atoms with Crippen molar-refractivity contribution >= 4 is 17.9 Å². The highest BCUT2D eigenvalue weighted by molar-refractivity contribution is 5.71. The molecule has 0 amide bonds. The summed E-state index contributed by atoms with van der Waals surface area (Å²) in [4.78, 5) is 38.4. The first-order valence-corrected chi connectivity index (χ1v) is 33.4. The molecule has 0 spiro atoms. The third kappa shape index (κ3) is 64.8. The minimum Gasteiger partial charge on any atom is -0.462 e. The van der Waals surface area contributed by atoms with Gasteiger partial charge in [-0.3, -0.25) is 14.4 Å². The standard InChI is InChI=1S/C73H124O6/c1-4-7-10-13-16-19-22-25-28-30-31-32-33-34-35-36-37-38-39-40-41-43-45-48-51-54-57-60-63-66-72(75)78-69-70(68-77-71(74)65-62-59-56-53-50-47-44-27-24-21-18-15-12-9-6-3)79-73(76)67-64-61-58-55-52-49-46-42-29-26-23-20-17-14-11-8-5-2/h7,9-10,12,16,18-19,21,25-29,31-32,34-35,44,70H,4-6,8,11,13-15,17,20,22-24,30,33,36-43,45-69H2,1-3H3/b10-7-,12-9-,19-16-,21-18-,28-25-,29-26-,32-31-,35-34-,44-27-. The Hall–Kier alpha value is -3.93. The second kappa shape index (κ2) is 66.6. The van der Waals surface area contributed by atoms with Crippen molar-refractivity contribution in [1.29, 1.82) is 0 Å². The van der Waals surface area contributed by atoms with Crippen LogP contribution in [0.4, 0.5) is 0 Å². The molecule has 6 heteroatoms. The highest BCUT2D eigenvalue weighted by atomic mass is 16.6. The lowest BCUT2D eigenvalue weighted by molar-refractivity contribution is -0.167. The number of ether oxygens (including phenoxy) is 3. The molecule has 0 aromatic heterocycles. The predicted octanol–water partition coefficient (Wildman–Crippen LogP) is 23.0. The van der Waals surface area contributed by atoms with Gasteiger partial charge in [0.25, 0.3) is 0 Å². The van der Waals surface area contributed by atoms with Gasteiger partial charge in [-0.2, -0.15) is 0 Å². The van der Waals surface area contributed by atoms with E-state index in [0.717, 1.165) is 128 Å². The van der Waals surface area contributed by atoms with Crippen LogP contribution in [0.25, 0.3) is 0 Å². The Kier molecular flexibility index (Phi) is 63.3. The number of rotatable bonds is 60. The summed E-state index contributed by atoms with van der Waals surface area (Å²) in [6, 6.07) is 0. The first-order valence-electron chi connectivity index (χ1n) is 33.4. The monoisotopic (exact) mass is 1100 g/mol. The van der Waals surface area contributed by atoms with Gasteiger partial charge in [0.1, 0.15) is 13.2 Å². The summed E-state index contributed by atoms with van der Waals surface area (Å²) in [6.45, 7) is 6.42. The van der Waals surface area contributed by atoms with Gasteiger partial charge in [0.2, 0.25) is 0 Å². The molecule has 0 saturated heterocycles. The van der Waals surface area contributed by atoms with Gasteiger partial charge < -0.3 is 14.2 Å². The zero-order chi connectivity index (χ0) is 57.1. The lowest BCUT2D eigenvalue weighted by Gasteiger charge is -2.18. The molecule has 0 heterocycles. The van der Waals surface area contributed by atoms with Crippen molar-refractivity contribution in [2.45, 2.75) is 322 Å². The van der Waals surface area contributed by atoms with Crippen LogP contribution in [0.1, 0.15) is 316 Å². The van der Waals surface area contributed by atoms with Gasteiger partial charge in [0, 0.05) is 19.3 Å². The third-order valence-electron chi connectivity index (χ3n) is 14.2. The largest absolute Gasteiger partial charge is 0.462 e. The number of hydrogen-bond donors (Lipinski definition) is 0. The molecule has 0 aromatic rings. The first kappa shape index (κ1) is 75.1. The molecule has 0 aromatic carbocycles. The highest BCUT2D eigenvalue weighted by Gasteiger charge is 2.19. The van der Waals surface area contributed by atoms with E-state index in [4.69, 9.17) is 14.2 Å². The van der Waals surface area contributed by atoms with E-state index in [1.165, 1.54) is 148 Å². The van der Waals surface area contributed by atoms with Crippen molar-refractivity contribution in [3.05, 3.63) is 109 Å². The molecule has 79 heavy (non-hydrogen) atoms. The van der Waals surface area contributed by atoms with Gasteiger partial charge in [-0.05, 0) is 122 Å². The third-order valence-corrected chi connectivity index (χ3v) is 14.2. The van der Waals surface area contributed by atoms with Crippen LogP contribution in [0, 0.1) is 0 Å². The number of allylic oxidation sites excluding steroid dienone is 18.